The average molecular weight is 237 g/mol. The van der Waals surface area contributed by atoms with Crippen LogP contribution in [0.5, 0.6) is 0 Å². The third kappa shape index (κ3) is 2.88. The molecular weight excluding hydrogens is 218 g/mol. The van der Waals surface area contributed by atoms with Gasteiger partial charge in [0.15, 0.2) is 5.76 Å². The van der Waals surface area contributed by atoms with E-state index in [1.54, 1.807) is 6.07 Å². The van der Waals surface area contributed by atoms with E-state index in [2.05, 4.69) is 5.32 Å². The molecule has 0 aromatic carbocycles. The molecule has 0 bridgehead atoms. The summed E-state index contributed by atoms with van der Waals surface area (Å²) in [4.78, 5) is 11.8. The van der Waals surface area contributed by atoms with Crippen LogP contribution in [0.2, 0.25) is 0 Å². The number of hydrogen-bond acceptors (Lipinski definition) is 3. The first-order valence-electron chi connectivity index (χ1n) is 6.25. The van der Waals surface area contributed by atoms with E-state index in [-0.39, 0.29) is 17.9 Å². The minimum Gasteiger partial charge on any atom is -0.456 e. The van der Waals surface area contributed by atoms with Crippen molar-refractivity contribution >= 4 is 5.91 Å². The zero-order valence-electron chi connectivity index (χ0n) is 10.1. The zero-order chi connectivity index (χ0) is 12.3. The number of carbonyl (C=O) groups is 1. The number of hydrogen-bond donors (Lipinski definition) is 2. The molecule has 1 heterocycles. The fraction of sp³-hybridized carbons (Fsp3) is 0.615. The molecule has 1 saturated carbocycles. The van der Waals surface area contributed by atoms with Gasteiger partial charge >= 0.3 is 0 Å². The fourth-order valence-electron chi connectivity index (χ4n) is 2.26. The van der Waals surface area contributed by atoms with Crippen molar-refractivity contribution in [2.75, 3.05) is 6.54 Å². The molecule has 1 aromatic rings. The summed E-state index contributed by atoms with van der Waals surface area (Å²) in [5, 5.41) is 12.5. The summed E-state index contributed by atoms with van der Waals surface area (Å²) in [7, 11) is 0. The Morgan fingerprint density at radius 2 is 2.35 bits per heavy atom. The Bertz CT molecular complexity index is 386. The van der Waals surface area contributed by atoms with E-state index in [9.17, 15) is 9.90 Å². The van der Waals surface area contributed by atoms with Crippen LogP contribution in [0, 0.1) is 5.92 Å². The van der Waals surface area contributed by atoms with Crippen molar-refractivity contribution in [2.24, 2.45) is 5.92 Å². The van der Waals surface area contributed by atoms with Gasteiger partial charge in [-0.25, -0.2) is 0 Å². The maximum Gasteiger partial charge on any atom is 0.287 e. The lowest BCUT2D eigenvalue weighted by Gasteiger charge is -2.14. The quantitative estimate of drug-likeness (QED) is 0.838. The topological polar surface area (TPSA) is 62.5 Å². The van der Waals surface area contributed by atoms with E-state index < -0.39 is 0 Å². The van der Waals surface area contributed by atoms with Gasteiger partial charge in [-0.2, -0.15) is 0 Å². The minimum atomic E-state index is -0.266. The molecule has 1 amide bonds. The van der Waals surface area contributed by atoms with Crippen molar-refractivity contribution in [1.29, 1.82) is 0 Å². The summed E-state index contributed by atoms with van der Waals surface area (Å²) in [5.74, 6) is 1.17. The molecule has 4 heteroatoms. The van der Waals surface area contributed by atoms with E-state index in [1.807, 2.05) is 13.0 Å². The molecule has 2 rings (SSSR count). The summed E-state index contributed by atoms with van der Waals surface area (Å²) in [6.45, 7) is 2.51. The van der Waals surface area contributed by atoms with E-state index in [4.69, 9.17) is 4.42 Å². The minimum absolute atomic E-state index is 0.191. The molecule has 1 aliphatic carbocycles. The number of carbonyl (C=O) groups excluding carboxylic acids is 1. The molecule has 0 radical (unpaired) electrons. The Morgan fingerprint density at radius 1 is 1.53 bits per heavy atom. The summed E-state index contributed by atoms with van der Waals surface area (Å²) >= 11 is 0. The lowest BCUT2D eigenvalue weighted by atomic mass is 10.1. The summed E-state index contributed by atoms with van der Waals surface area (Å²) in [6, 6.07) is 3.51. The molecule has 1 fully saturated rings. The third-order valence-corrected chi connectivity index (χ3v) is 3.38. The van der Waals surface area contributed by atoms with Crippen molar-refractivity contribution in [3.8, 4) is 0 Å². The van der Waals surface area contributed by atoms with Gasteiger partial charge in [0, 0.05) is 18.9 Å². The highest BCUT2D eigenvalue weighted by molar-refractivity contribution is 5.91. The molecule has 0 spiro atoms. The van der Waals surface area contributed by atoms with E-state index in [1.165, 1.54) is 0 Å². The Labute approximate surface area is 101 Å². The van der Waals surface area contributed by atoms with Crippen molar-refractivity contribution in [3.63, 3.8) is 0 Å². The second-order valence-corrected chi connectivity index (χ2v) is 4.59. The normalized spacial score (nSPS) is 23.9. The second kappa shape index (κ2) is 5.36. The number of rotatable bonds is 4. The summed E-state index contributed by atoms with van der Waals surface area (Å²) in [6.07, 6.45) is 3.40. The number of aliphatic hydroxyl groups excluding tert-OH is 1. The standard InChI is InChI=1S/C13H19NO3/c1-2-10-6-7-12(17-10)13(16)14-8-9-4-3-5-11(9)15/h6-7,9,11,15H,2-5,8H2,1H3,(H,14,16). The van der Waals surface area contributed by atoms with Gasteiger partial charge in [0.1, 0.15) is 5.76 Å². The lowest BCUT2D eigenvalue weighted by Crippen LogP contribution is -2.32. The molecule has 17 heavy (non-hydrogen) atoms. The maximum absolute atomic E-state index is 11.8. The lowest BCUT2D eigenvalue weighted by molar-refractivity contribution is 0.0888. The van der Waals surface area contributed by atoms with Crippen LogP contribution in [0.3, 0.4) is 0 Å². The molecule has 1 aromatic heterocycles. The smallest absolute Gasteiger partial charge is 0.287 e. The number of aliphatic hydroxyl groups is 1. The van der Waals surface area contributed by atoms with Crippen molar-refractivity contribution in [2.45, 2.75) is 38.7 Å². The summed E-state index contributed by atoms with van der Waals surface area (Å²) < 4.78 is 5.36. The summed E-state index contributed by atoms with van der Waals surface area (Å²) in [5.41, 5.74) is 0. The number of furan rings is 1. The van der Waals surface area contributed by atoms with Gasteiger partial charge in [0.05, 0.1) is 6.10 Å². The van der Waals surface area contributed by atoms with Crippen LogP contribution in [-0.2, 0) is 6.42 Å². The Balaban J connectivity index is 1.84. The van der Waals surface area contributed by atoms with Crippen molar-refractivity contribution in [1.82, 2.24) is 5.32 Å². The first-order chi connectivity index (χ1) is 8.20. The first kappa shape index (κ1) is 12.2. The van der Waals surface area contributed by atoms with Crippen LogP contribution in [0.4, 0.5) is 0 Å². The molecular formula is C13H19NO3. The molecule has 94 valence electrons. The number of amides is 1. The van der Waals surface area contributed by atoms with Gasteiger partial charge < -0.3 is 14.8 Å². The highest BCUT2D eigenvalue weighted by Crippen LogP contribution is 2.24. The zero-order valence-corrected chi connectivity index (χ0v) is 10.1. The maximum atomic E-state index is 11.8. The van der Waals surface area contributed by atoms with E-state index in [0.717, 1.165) is 31.4 Å². The van der Waals surface area contributed by atoms with Crippen LogP contribution in [-0.4, -0.2) is 23.7 Å². The third-order valence-electron chi connectivity index (χ3n) is 3.38. The van der Waals surface area contributed by atoms with Gasteiger partial charge in [0.2, 0.25) is 0 Å². The van der Waals surface area contributed by atoms with Crippen LogP contribution < -0.4 is 5.32 Å². The van der Waals surface area contributed by atoms with E-state index in [0.29, 0.717) is 12.3 Å². The Kier molecular flexibility index (Phi) is 3.84. The molecule has 0 saturated heterocycles. The van der Waals surface area contributed by atoms with Gasteiger partial charge in [-0.3, -0.25) is 4.79 Å². The largest absolute Gasteiger partial charge is 0.456 e. The van der Waals surface area contributed by atoms with Gasteiger partial charge in [-0.15, -0.1) is 0 Å². The number of aryl methyl sites for hydroxylation is 1. The second-order valence-electron chi connectivity index (χ2n) is 4.59. The average Bonchev–Trinajstić information content (AvgIpc) is 2.94. The predicted molar refractivity (Wildman–Crippen MR) is 63.8 cm³/mol. The molecule has 1 aliphatic rings. The molecule has 0 aliphatic heterocycles. The van der Waals surface area contributed by atoms with Crippen LogP contribution in [0.25, 0.3) is 0 Å². The SMILES string of the molecule is CCc1ccc(C(=O)NCC2CCCC2O)o1. The predicted octanol–water partition coefficient (Wildman–Crippen LogP) is 1.73. The van der Waals surface area contributed by atoms with Gasteiger partial charge in [-0.05, 0) is 25.0 Å². The van der Waals surface area contributed by atoms with Gasteiger partial charge in [-0.1, -0.05) is 13.3 Å². The fourth-order valence-corrected chi connectivity index (χ4v) is 2.26. The highest BCUT2D eigenvalue weighted by Gasteiger charge is 2.25. The van der Waals surface area contributed by atoms with Gasteiger partial charge in [0.25, 0.3) is 5.91 Å². The van der Waals surface area contributed by atoms with Crippen LogP contribution in [0.1, 0.15) is 42.5 Å². The van der Waals surface area contributed by atoms with Crippen molar-refractivity contribution in [3.05, 3.63) is 23.7 Å². The highest BCUT2D eigenvalue weighted by atomic mass is 16.3. The molecule has 4 nitrogen and oxygen atoms in total. The van der Waals surface area contributed by atoms with Crippen LogP contribution >= 0.6 is 0 Å². The molecule has 2 unspecified atom stereocenters. The molecule has 2 N–H and O–H groups in total. The first-order valence-corrected chi connectivity index (χ1v) is 6.25. The molecule has 2 atom stereocenters. The Morgan fingerprint density at radius 3 is 2.94 bits per heavy atom. The van der Waals surface area contributed by atoms with Crippen LogP contribution in [0.15, 0.2) is 16.5 Å². The number of nitrogens with one attached hydrogen (secondary N) is 1. The van der Waals surface area contributed by atoms with Crippen molar-refractivity contribution < 1.29 is 14.3 Å². The Hall–Kier alpha value is -1.29. The monoisotopic (exact) mass is 237 g/mol. The van der Waals surface area contributed by atoms with E-state index >= 15 is 0 Å².